The van der Waals surface area contributed by atoms with Crippen molar-refractivity contribution in [2.24, 2.45) is 0 Å². The van der Waals surface area contributed by atoms with Gasteiger partial charge in [-0.3, -0.25) is 10.1 Å². The molecule has 0 saturated heterocycles. The molecule has 9 heteroatoms. The fraction of sp³-hybridized carbons (Fsp3) is 0. The first-order chi connectivity index (χ1) is 8.91. The fourth-order valence-electron chi connectivity index (χ4n) is 1.37. The molecule has 0 unspecified atom stereocenters. The van der Waals surface area contributed by atoms with Crippen LogP contribution in [0.3, 0.4) is 0 Å². The highest BCUT2D eigenvalue weighted by molar-refractivity contribution is 7.13. The molecule has 0 saturated carbocycles. The van der Waals surface area contributed by atoms with Crippen molar-refractivity contribution in [1.29, 1.82) is 0 Å². The Bertz CT molecular complexity index is 686. The van der Waals surface area contributed by atoms with Crippen LogP contribution in [0.15, 0.2) is 17.5 Å². The Morgan fingerprint density at radius 1 is 1.42 bits per heavy atom. The predicted octanol–water partition coefficient (Wildman–Crippen LogP) is 3.72. The average Bonchev–Trinajstić information content (AvgIpc) is 2.78. The van der Waals surface area contributed by atoms with Crippen molar-refractivity contribution >= 4 is 46.2 Å². The lowest BCUT2D eigenvalue weighted by Crippen LogP contribution is -1.96. The number of nitrogens with zero attached hydrogens (tertiary/aromatic N) is 2. The molecule has 0 bridgehead atoms. The van der Waals surface area contributed by atoms with Crippen molar-refractivity contribution in [3.05, 3.63) is 43.4 Å². The van der Waals surface area contributed by atoms with Gasteiger partial charge >= 0.3 is 5.97 Å². The standard InChI is InChI=1S/C10H4Cl2N2O4S/c11-4-1-2-6(14(17)18)8(12)7(4)9-13-5(3-19-9)10(15)16/h1-3H,(H,15,16). The maximum atomic E-state index is 10.8. The molecule has 6 nitrogen and oxygen atoms in total. The molecule has 0 aliphatic carbocycles. The molecule has 2 aromatic rings. The van der Waals surface area contributed by atoms with Gasteiger partial charge in [0.25, 0.3) is 5.69 Å². The van der Waals surface area contributed by atoms with E-state index in [1.54, 1.807) is 0 Å². The number of carboxylic acid groups (broad SMARTS) is 1. The number of hydrogen-bond donors (Lipinski definition) is 1. The van der Waals surface area contributed by atoms with Crippen molar-refractivity contribution in [2.75, 3.05) is 0 Å². The Morgan fingerprint density at radius 2 is 2.11 bits per heavy atom. The zero-order chi connectivity index (χ0) is 14.2. The van der Waals surface area contributed by atoms with Crippen molar-refractivity contribution in [1.82, 2.24) is 4.98 Å². The molecule has 0 spiro atoms. The molecule has 0 aliphatic rings. The topological polar surface area (TPSA) is 93.3 Å². The van der Waals surface area contributed by atoms with Gasteiger partial charge in [-0.25, -0.2) is 9.78 Å². The third-order valence-corrected chi connectivity index (χ3v) is 3.76. The molecule has 1 aromatic carbocycles. The van der Waals surface area contributed by atoms with Crippen LogP contribution in [0.5, 0.6) is 0 Å². The van der Waals surface area contributed by atoms with E-state index in [4.69, 9.17) is 28.3 Å². The Kier molecular flexibility index (Phi) is 3.70. The Labute approximate surface area is 120 Å². The van der Waals surface area contributed by atoms with Crippen molar-refractivity contribution in [2.45, 2.75) is 0 Å². The van der Waals surface area contributed by atoms with E-state index in [9.17, 15) is 14.9 Å². The van der Waals surface area contributed by atoms with E-state index in [0.717, 1.165) is 11.3 Å². The second-order valence-electron chi connectivity index (χ2n) is 3.36. The highest BCUT2D eigenvalue weighted by Gasteiger charge is 2.22. The lowest BCUT2D eigenvalue weighted by molar-refractivity contribution is -0.384. The van der Waals surface area contributed by atoms with Gasteiger partial charge in [-0.2, -0.15) is 0 Å². The molecule has 1 heterocycles. The van der Waals surface area contributed by atoms with Crippen LogP contribution < -0.4 is 0 Å². The normalized spacial score (nSPS) is 10.4. The number of carbonyl (C=O) groups is 1. The molecule has 1 aromatic heterocycles. The molecular formula is C10H4Cl2N2O4S. The van der Waals surface area contributed by atoms with Crippen LogP contribution in [0.25, 0.3) is 10.6 Å². The highest BCUT2D eigenvalue weighted by atomic mass is 35.5. The van der Waals surface area contributed by atoms with E-state index < -0.39 is 10.9 Å². The summed E-state index contributed by atoms with van der Waals surface area (Å²) in [7, 11) is 0. The van der Waals surface area contributed by atoms with Gasteiger partial charge in [0, 0.05) is 11.4 Å². The summed E-state index contributed by atoms with van der Waals surface area (Å²) >= 11 is 12.9. The largest absolute Gasteiger partial charge is 0.476 e. The van der Waals surface area contributed by atoms with Gasteiger partial charge in [0.15, 0.2) is 5.69 Å². The van der Waals surface area contributed by atoms with Gasteiger partial charge in [0.05, 0.1) is 15.5 Å². The van der Waals surface area contributed by atoms with Crippen LogP contribution in [0.4, 0.5) is 5.69 Å². The van der Waals surface area contributed by atoms with Crippen molar-refractivity contribution < 1.29 is 14.8 Å². The van der Waals surface area contributed by atoms with Crippen LogP contribution in [-0.2, 0) is 0 Å². The molecular weight excluding hydrogens is 315 g/mol. The molecule has 19 heavy (non-hydrogen) atoms. The Balaban J connectivity index is 2.63. The maximum absolute atomic E-state index is 10.8. The van der Waals surface area contributed by atoms with Gasteiger partial charge in [0.1, 0.15) is 10.0 Å². The summed E-state index contributed by atoms with van der Waals surface area (Å²) < 4.78 is 0. The summed E-state index contributed by atoms with van der Waals surface area (Å²) in [6, 6.07) is 2.50. The Morgan fingerprint density at radius 3 is 2.63 bits per heavy atom. The number of nitro benzene ring substituents is 1. The second-order valence-corrected chi connectivity index (χ2v) is 5.00. The van der Waals surface area contributed by atoms with Gasteiger partial charge in [-0.15, -0.1) is 11.3 Å². The minimum absolute atomic E-state index is 0.162. The number of rotatable bonds is 3. The molecule has 0 radical (unpaired) electrons. The van der Waals surface area contributed by atoms with E-state index in [-0.39, 0.29) is 32.0 Å². The maximum Gasteiger partial charge on any atom is 0.355 e. The number of thiazole rings is 1. The van der Waals surface area contributed by atoms with E-state index in [0.29, 0.717) is 0 Å². The number of halogens is 2. The van der Waals surface area contributed by atoms with Crippen LogP contribution in [0.2, 0.25) is 10.0 Å². The van der Waals surface area contributed by atoms with E-state index >= 15 is 0 Å². The van der Waals surface area contributed by atoms with E-state index in [1.165, 1.54) is 17.5 Å². The number of benzene rings is 1. The molecule has 0 aliphatic heterocycles. The lowest BCUT2D eigenvalue weighted by Gasteiger charge is -2.03. The smallest absolute Gasteiger partial charge is 0.355 e. The van der Waals surface area contributed by atoms with Gasteiger partial charge in [-0.1, -0.05) is 23.2 Å². The summed E-state index contributed by atoms with van der Waals surface area (Å²) in [6.07, 6.45) is 0. The summed E-state index contributed by atoms with van der Waals surface area (Å²) in [5, 5.41) is 21.1. The zero-order valence-corrected chi connectivity index (χ0v) is 11.3. The molecule has 2 rings (SSSR count). The first-order valence-corrected chi connectivity index (χ1v) is 6.37. The monoisotopic (exact) mass is 318 g/mol. The van der Waals surface area contributed by atoms with Crippen molar-refractivity contribution in [3.8, 4) is 10.6 Å². The molecule has 0 amide bonds. The first-order valence-electron chi connectivity index (χ1n) is 4.73. The average molecular weight is 319 g/mol. The van der Waals surface area contributed by atoms with Crippen LogP contribution in [0.1, 0.15) is 10.5 Å². The first kappa shape index (κ1) is 13.7. The molecule has 98 valence electrons. The van der Waals surface area contributed by atoms with E-state index in [2.05, 4.69) is 4.98 Å². The predicted molar refractivity (Wildman–Crippen MR) is 71.2 cm³/mol. The van der Waals surface area contributed by atoms with Crippen LogP contribution in [-0.4, -0.2) is 21.0 Å². The number of hydrogen-bond acceptors (Lipinski definition) is 5. The third kappa shape index (κ3) is 2.53. The minimum atomic E-state index is -1.19. The zero-order valence-electron chi connectivity index (χ0n) is 8.96. The quantitative estimate of drug-likeness (QED) is 0.687. The fourth-order valence-corrected chi connectivity index (χ4v) is 2.95. The SMILES string of the molecule is O=C(O)c1csc(-c2c(Cl)ccc([N+](=O)[O-])c2Cl)n1. The lowest BCUT2D eigenvalue weighted by atomic mass is 10.2. The van der Waals surface area contributed by atoms with Crippen LogP contribution in [0, 0.1) is 10.1 Å². The number of aromatic carboxylic acids is 1. The number of nitro groups is 1. The van der Waals surface area contributed by atoms with Gasteiger partial charge in [0.2, 0.25) is 0 Å². The van der Waals surface area contributed by atoms with E-state index in [1.807, 2.05) is 0 Å². The Hall–Kier alpha value is -1.70. The molecule has 0 atom stereocenters. The summed E-state index contributed by atoms with van der Waals surface area (Å²) in [4.78, 5) is 24.7. The third-order valence-electron chi connectivity index (χ3n) is 2.20. The summed E-state index contributed by atoms with van der Waals surface area (Å²) in [6.45, 7) is 0. The van der Waals surface area contributed by atoms with Gasteiger partial charge in [-0.05, 0) is 6.07 Å². The van der Waals surface area contributed by atoms with Crippen molar-refractivity contribution in [3.63, 3.8) is 0 Å². The van der Waals surface area contributed by atoms with Crippen LogP contribution >= 0.6 is 34.5 Å². The minimum Gasteiger partial charge on any atom is -0.476 e. The molecule has 1 N–H and O–H groups in total. The van der Waals surface area contributed by atoms with Gasteiger partial charge < -0.3 is 5.11 Å². The molecule has 0 fully saturated rings. The number of aromatic nitrogens is 1. The highest BCUT2D eigenvalue weighted by Crippen LogP contribution is 2.41. The summed E-state index contributed by atoms with van der Waals surface area (Å²) in [5.74, 6) is -1.19. The second kappa shape index (κ2) is 5.12. The number of carboxylic acids is 1. The summed E-state index contributed by atoms with van der Waals surface area (Å²) in [5.41, 5.74) is -0.318.